The average molecular weight is 464 g/mol. The summed E-state index contributed by atoms with van der Waals surface area (Å²) < 4.78 is 82.6. The highest BCUT2D eigenvalue weighted by molar-refractivity contribution is 5.97. The van der Waals surface area contributed by atoms with Crippen LogP contribution in [0, 0.1) is 10.1 Å². The monoisotopic (exact) mass is 464 g/mol. The van der Waals surface area contributed by atoms with Gasteiger partial charge in [-0.3, -0.25) is 14.9 Å². The van der Waals surface area contributed by atoms with Crippen molar-refractivity contribution in [3.05, 3.63) is 74.8 Å². The lowest BCUT2D eigenvalue weighted by atomic mass is 10.0. The number of amides is 1. The fourth-order valence-electron chi connectivity index (χ4n) is 2.74. The van der Waals surface area contributed by atoms with E-state index in [1.54, 1.807) is 0 Å². The topological polar surface area (TPSA) is 98.5 Å². The number of nitrogens with zero attached hydrogens (tertiary/aromatic N) is 1. The molecule has 0 saturated carbocycles. The maximum Gasteiger partial charge on any atom is 0.416 e. The predicted octanol–water partition coefficient (Wildman–Crippen LogP) is 4.15. The van der Waals surface area contributed by atoms with Crippen molar-refractivity contribution in [2.24, 2.45) is 0 Å². The summed E-state index contributed by atoms with van der Waals surface area (Å²) >= 11 is 0. The Bertz CT molecular complexity index is 1000. The first-order valence-corrected chi connectivity index (χ1v) is 8.64. The molecule has 1 N–H and O–H groups in total. The zero-order valence-corrected chi connectivity index (χ0v) is 16.1. The normalized spacial score (nSPS) is 12.7. The van der Waals surface area contributed by atoms with Gasteiger partial charge in [-0.2, -0.15) is 26.3 Å². The van der Waals surface area contributed by atoms with Crippen LogP contribution in [-0.4, -0.2) is 30.0 Å². The van der Waals surface area contributed by atoms with E-state index in [0.717, 1.165) is 13.2 Å². The van der Waals surface area contributed by atoms with E-state index in [1.165, 1.54) is 18.2 Å². The van der Waals surface area contributed by atoms with Crippen LogP contribution in [-0.2, 0) is 28.3 Å². The first kappa shape index (κ1) is 24.6. The summed E-state index contributed by atoms with van der Waals surface area (Å²) in [7, 11) is 0.924. The second-order valence-electron chi connectivity index (χ2n) is 6.43. The van der Waals surface area contributed by atoms with Gasteiger partial charge in [-0.1, -0.05) is 18.2 Å². The highest BCUT2D eigenvalue weighted by Gasteiger charge is 2.38. The van der Waals surface area contributed by atoms with Crippen LogP contribution in [0.4, 0.5) is 32.0 Å². The number of nitrogens with one attached hydrogen (secondary N) is 1. The number of ether oxygens (including phenoxy) is 1. The van der Waals surface area contributed by atoms with E-state index < -0.39 is 64.0 Å². The number of carbonyl (C=O) groups excluding carboxylic acids is 2. The van der Waals surface area contributed by atoms with Crippen LogP contribution >= 0.6 is 0 Å². The SMILES string of the molecule is COC(=O)[C@H](Cc1ccccc1[N+](=O)[O-])NC(=O)c1cc(C(F)(F)F)cc(C(F)(F)F)c1. The smallest absolute Gasteiger partial charge is 0.416 e. The minimum Gasteiger partial charge on any atom is -0.467 e. The Hall–Kier alpha value is -3.64. The number of benzene rings is 2. The van der Waals surface area contributed by atoms with E-state index in [1.807, 2.05) is 5.32 Å². The zero-order valence-electron chi connectivity index (χ0n) is 16.1. The van der Waals surface area contributed by atoms with E-state index in [2.05, 4.69) is 4.74 Å². The lowest BCUT2D eigenvalue weighted by Crippen LogP contribution is -2.43. The van der Waals surface area contributed by atoms with Gasteiger partial charge in [0.25, 0.3) is 11.6 Å². The van der Waals surface area contributed by atoms with Gasteiger partial charge in [0.15, 0.2) is 0 Å². The molecule has 2 aromatic rings. The molecule has 0 spiro atoms. The van der Waals surface area contributed by atoms with Gasteiger partial charge in [0, 0.05) is 23.6 Å². The number of para-hydroxylation sites is 1. The number of hydrogen-bond donors (Lipinski definition) is 1. The van der Waals surface area contributed by atoms with Gasteiger partial charge in [-0.15, -0.1) is 0 Å². The van der Waals surface area contributed by atoms with Gasteiger partial charge in [-0.05, 0) is 18.2 Å². The fraction of sp³-hybridized carbons (Fsp3) is 0.263. The number of methoxy groups -OCH3 is 1. The van der Waals surface area contributed by atoms with E-state index in [9.17, 15) is 46.0 Å². The van der Waals surface area contributed by atoms with Crippen LogP contribution in [0.25, 0.3) is 0 Å². The molecule has 1 atom stereocenters. The Kier molecular flexibility index (Phi) is 7.11. The van der Waals surface area contributed by atoms with Crippen LogP contribution in [0.1, 0.15) is 27.0 Å². The van der Waals surface area contributed by atoms with Gasteiger partial charge in [0.2, 0.25) is 0 Å². The van der Waals surface area contributed by atoms with Crippen molar-refractivity contribution in [2.75, 3.05) is 7.11 Å². The molecule has 0 aliphatic heterocycles. The van der Waals surface area contributed by atoms with Crippen LogP contribution in [0.5, 0.6) is 0 Å². The summed E-state index contributed by atoms with van der Waals surface area (Å²) in [6.45, 7) is 0. The minimum absolute atomic E-state index is 0.0202. The van der Waals surface area contributed by atoms with Crippen molar-refractivity contribution in [1.82, 2.24) is 5.32 Å². The number of hydrogen-bond acceptors (Lipinski definition) is 5. The highest BCUT2D eigenvalue weighted by atomic mass is 19.4. The number of alkyl halides is 6. The fourth-order valence-corrected chi connectivity index (χ4v) is 2.74. The lowest BCUT2D eigenvalue weighted by Gasteiger charge is -2.18. The van der Waals surface area contributed by atoms with Crippen molar-refractivity contribution >= 4 is 17.6 Å². The molecular formula is C19H14F6N2O5. The molecule has 2 rings (SSSR count). The third kappa shape index (κ3) is 5.95. The molecule has 0 bridgehead atoms. The second kappa shape index (κ2) is 9.24. The molecule has 1 amide bonds. The van der Waals surface area contributed by atoms with Crippen molar-refractivity contribution in [2.45, 2.75) is 24.8 Å². The summed E-state index contributed by atoms with van der Waals surface area (Å²) in [5.41, 5.74) is -4.87. The largest absolute Gasteiger partial charge is 0.467 e. The molecule has 0 aliphatic carbocycles. The molecule has 7 nitrogen and oxygen atoms in total. The molecule has 0 fully saturated rings. The molecule has 172 valence electrons. The average Bonchev–Trinajstić information content (AvgIpc) is 2.71. The van der Waals surface area contributed by atoms with Crippen molar-refractivity contribution in [3.63, 3.8) is 0 Å². The Labute approximate surface area is 176 Å². The molecule has 0 radical (unpaired) electrons. The number of halogens is 6. The summed E-state index contributed by atoms with van der Waals surface area (Å²) in [6.07, 6.45) is -10.9. The molecule has 0 aliphatic rings. The molecule has 0 heterocycles. The summed E-state index contributed by atoms with van der Waals surface area (Å²) in [4.78, 5) is 34.9. The maximum atomic E-state index is 13.0. The standard InChI is InChI=1S/C19H14F6N2O5/c1-32-17(29)14(8-10-4-2-3-5-15(10)27(30)31)26-16(28)11-6-12(18(20,21)22)9-13(7-11)19(23,24)25/h2-7,9,14H,8H2,1H3,(H,26,28)/t14-/m0/s1. The van der Waals surface area contributed by atoms with Crippen molar-refractivity contribution < 1.29 is 45.6 Å². The molecule has 0 aromatic heterocycles. The molecule has 2 aromatic carbocycles. The zero-order chi connectivity index (χ0) is 24.3. The molecule has 0 saturated heterocycles. The van der Waals surface area contributed by atoms with Gasteiger partial charge < -0.3 is 10.1 Å². The molecule has 32 heavy (non-hydrogen) atoms. The highest BCUT2D eigenvalue weighted by Crippen LogP contribution is 2.36. The number of nitro groups is 1. The quantitative estimate of drug-likeness (QED) is 0.300. The van der Waals surface area contributed by atoms with Gasteiger partial charge >= 0.3 is 18.3 Å². The number of carbonyl (C=O) groups is 2. The van der Waals surface area contributed by atoms with Crippen LogP contribution in [0.2, 0.25) is 0 Å². The van der Waals surface area contributed by atoms with Gasteiger partial charge in [0.1, 0.15) is 6.04 Å². The number of esters is 1. The van der Waals surface area contributed by atoms with E-state index in [0.29, 0.717) is 0 Å². The third-order valence-corrected chi connectivity index (χ3v) is 4.25. The molecular weight excluding hydrogens is 450 g/mol. The first-order chi connectivity index (χ1) is 14.7. The van der Waals surface area contributed by atoms with E-state index in [-0.39, 0.29) is 23.8 Å². The molecule has 13 heteroatoms. The van der Waals surface area contributed by atoms with Crippen LogP contribution in [0.3, 0.4) is 0 Å². The third-order valence-electron chi connectivity index (χ3n) is 4.25. The number of rotatable bonds is 6. The summed E-state index contributed by atoms with van der Waals surface area (Å²) in [5.74, 6) is -2.55. The van der Waals surface area contributed by atoms with Crippen molar-refractivity contribution in [1.29, 1.82) is 0 Å². The molecule has 0 unspecified atom stereocenters. The second-order valence-corrected chi connectivity index (χ2v) is 6.43. The number of nitro benzene ring substituents is 1. The van der Waals surface area contributed by atoms with E-state index >= 15 is 0 Å². The van der Waals surface area contributed by atoms with Gasteiger partial charge in [0.05, 0.1) is 23.2 Å². The Balaban J connectivity index is 2.43. The Morgan fingerprint density at radius 1 is 1.03 bits per heavy atom. The maximum absolute atomic E-state index is 13.0. The Morgan fingerprint density at radius 3 is 2.03 bits per heavy atom. The van der Waals surface area contributed by atoms with Crippen LogP contribution < -0.4 is 5.32 Å². The summed E-state index contributed by atoms with van der Waals surface area (Å²) in [6, 6.07) is 3.75. The lowest BCUT2D eigenvalue weighted by molar-refractivity contribution is -0.385. The predicted molar refractivity (Wildman–Crippen MR) is 96.5 cm³/mol. The van der Waals surface area contributed by atoms with Crippen molar-refractivity contribution in [3.8, 4) is 0 Å². The summed E-state index contributed by atoms with van der Waals surface area (Å²) in [5, 5.41) is 13.1. The Morgan fingerprint density at radius 2 is 1.56 bits per heavy atom. The van der Waals surface area contributed by atoms with E-state index in [4.69, 9.17) is 0 Å². The van der Waals surface area contributed by atoms with Gasteiger partial charge in [-0.25, -0.2) is 4.79 Å². The minimum atomic E-state index is -5.18. The first-order valence-electron chi connectivity index (χ1n) is 8.64. The van der Waals surface area contributed by atoms with Crippen LogP contribution in [0.15, 0.2) is 42.5 Å².